The van der Waals surface area contributed by atoms with E-state index in [0.717, 1.165) is 6.92 Å². The van der Waals surface area contributed by atoms with Gasteiger partial charge in [-0.3, -0.25) is 0 Å². The van der Waals surface area contributed by atoms with E-state index in [0.29, 0.717) is 0 Å². The third-order valence-electron chi connectivity index (χ3n) is 5.17. The summed E-state index contributed by atoms with van der Waals surface area (Å²) in [7, 11) is 0. The summed E-state index contributed by atoms with van der Waals surface area (Å²) in [6.45, 7) is 11.4. The zero-order valence-corrected chi connectivity index (χ0v) is 16.1. The maximum absolute atomic E-state index is 8.89. The van der Waals surface area contributed by atoms with Gasteiger partial charge in [-0.1, -0.05) is 51.9 Å². The van der Waals surface area contributed by atoms with Gasteiger partial charge in [0.25, 0.3) is 0 Å². The highest BCUT2D eigenvalue weighted by molar-refractivity contribution is 5.60. The van der Waals surface area contributed by atoms with E-state index in [-0.39, 0.29) is 0 Å². The number of nitrogens with zero attached hydrogens (tertiary/aromatic N) is 1. The third kappa shape index (κ3) is 13.6. The normalized spacial score (nSPS) is 16.5. The molecule has 0 aliphatic carbocycles. The number of hydrogen-bond acceptors (Lipinski definition) is 2. The van der Waals surface area contributed by atoms with Crippen molar-refractivity contribution in [1.82, 2.24) is 0 Å². The van der Waals surface area contributed by atoms with E-state index in [1.54, 1.807) is 0 Å². The van der Waals surface area contributed by atoms with Crippen LogP contribution >= 0.6 is 0 Å². The van der Waals surface area contributed by atoms with E-state index in [9.17, 15) is 0 Å². The van der Waals surface area contributed by atoms with Crippen LogP contribution < -0.4 is 5.11 Å². The minimum Gasteiger partial charge on any atom is -0.550 e. The van der Waals surface area contributed by atoms with Crippen LogP contribution in [0.25, 0.3) is 0 Å². The molecular weight excluding hydrogens is 286 g/mol. The fraction of sp³-hybridized carbons (Fsp3) is 0.950. The lowest BCUT2D eigenvalue weighted by Crippen LogP contribution is -2.51. The monoisotopic (exact) mass is 327 g/mol. The molecule has 0 saturated carbocycles. The zero-order chi connectivity index (χ0) is 17.4. The molecule has 0 atom stereocenters. The molecule has 1 aliphatic rings. The van der Waals surface area contributed by atoms with Crippen molar-refractivity contribution < 1.29 is 14.4 Å². The number of carboxylic acids is 1. The molecule has 0 N–H and O–H groups in total. The summed E-state index contributed by atoms with van der Waals surface area (Å²) in [5, 5.41) is 8.89. The van der Waals surface area contributed by atoms with Crippen molar-refractivity contribution in [3.8, 4) is 0 Å². The van der Waals surface area contributed by atoms with Crippen LogP contribution in [0.2, 0.25) is 0 Å². The zero-order valence-electron chi connectivity index (χ0n) is 16.1. The fourth-order valence-electron chi connectivity index (χ4n) is 3.64. The Labute approximate surface area is 145 Å². The van der Waals surface area contributed by atoms with E-state index >= 15 is 0 Å². The quantitative estimate of drug-likeness (QED) is 0.419. The standard InChI is InChI=1S/C18H38N.C2H4O2/c1-3-5-6-7-8-9-10-11-13-16-19(4-2)17-14-12-15-18-19;1-2(3)4/h3-18H2,1-2H3;1H3,(H,3,4)/q+1;/p-1. The molecule has 1 aliphatic heterocycles. The van der Waals surface area contributed by atoms with Gasteiger partial charge in [0.2, 0.25) is 0 Å². The highest BCUT2D eigenvalue weighted by Crippen LogP contribution is 2.20. The number of likely N-dealkylation sites (tertiary alicyclic amines) is 1. The first kappa shape index (κ1) is 22.4. The predicted octanol–water partition coefficient (Wildman–Crippen LogP) is 4.29. The van der Waals surface area contributed by atoms with Crippen LogP contribution in [-0.4, -0.2) is 36.6 Å². The summed E-state index contributed by atoms with van der Waals surface area (Å²) in [4.78, 5) is 8.89. The van der Waals surface area contributed by atoms with Crippen LogP contribution in [0.3, 0.4) is 0 Å². The fourth-order valence-corrected chi connectivity index (χ4v) is 3.64. The van der Waals surface area contributed by atoms with Crippen LogP contribution in [0, 0.1) is 0 Å². The minimum absolute atomic E-state index is 0.972. The molecule has 1 rings (SSSR count). The molecule has 0 aromatic carbocycles. The van der Waals surface area contributed by atoms with Gasteiger partial charge in [0.15, 0.2) is 0 Å². The van der Waals surface area contributed by atoms with Crippen molar-refractivity contribution in [3.63, 3.8) is 0 Å². The smallest absolute Gasteiger partial charge is 0.0786 e. The van der Waals surface area contributed by atoms with Gasteiger partial charge in [0.1, 0.15) is 0 Å². The first-order chi connectivity index (χ1) is 11.1. The Morgan fingerprint density at radius 3 is 1.70 bits per heavy atom. The molecule has 0 bridgehead atoms. The molecule has 3 heteroatoms. The van der Waals surface area contributed by atoms with Crippen LogP contribution in [0.5, 0.6) is 0 Å². The van der Waals surface area contributed by atoms with Crippen molar-refractivity contribution in [3.05, 3.63) is 0 Å². The Bertz CT molecular complexity index is 269. The minimum atomic E-state index is -1.08. The number of quaternary nitrogens is 1. The summed E-state index contributed by atoms with van der Waals surface area (Å²) >= 11 is 0. The highest BCUT2D eigenvalue weighted by atomic mass is 16.4. The molecule has 0 unspecified atom stereocenters. The van der Waals surface area contributed by atoms with E-state index in [1.165, 1.54) is 108 Å². The summed E-state index contributed by atoms with van der Waals surface area (Å²) in [6.07, 6.45) is 17.6. The van der Waals surface area contributed by atoms with Gasteiger partial charge < -0.3 is 14.4 Å². The van der Waals surface area contributed by atoms with Crippen molar-refractivity contribution in [2.45, 2.75) is 97.8 Å². The second-order valence-corrected chi connectivity index (χ2v) is 7.21. The maximum Gasteiger partial charge on any atom is 0.0786 e. The molecule has 0 spiro atoms. The lowest BCUT2D eigenvalue weighted by Gasteiger charge is -2.41. The average molecular weight is 328 g/mol. The van der Waals surface area contributed by atoms with Crippen molar-refractivity contribution in [1.29, 1.82) is 0 Å². The van der Waals surface area contributed by atoms with Gasteiger partial charge in [0, 0.05) is 5.97 Å². The Morgan fingerprint density at radius 2 is 1.26 bits per heavy atom. The van der Waals surface area contributed by atoms with Gasteiger partial charge in [-0.25, -0.2) is 0 Å². The highest BCUT2D eigenvalue weighted by Gasteiger charge is 2.26. The van der Waals surface area contributed by atoms with Gasteiger partial charge in [0.05, 0.1) is 26.2 Å². The molecule has 0 radical (unpaired) electrons. The SMILES string of the molecule is CC(=O)[O-].CCCCCCCCCCC[N+]1(CC)CCCCC1. The summed E-state index contributed by atoms with van der Waals surface area (Å²) < 4.78 is 1.44. The molecule has 1 saturated heterocycles. The first-order valence-electron chi connectivity index (χ1n) is 10.1. The van der Waals surface area contributed by atoms with Crippen molar-refractivity contribution in [2.75, 3.05) is 26.2 Å². The number of hydrogen-bond donors (Lipinski definition) is 0. The lowest BCUT2D eigenvalue weighted by molar-refractivity contribution is -0.931. The number of unbranched alkanes of at least 4 members (excludes halogenated alkanes) is 8. The average Bonchev–Trinajstić information content (AvgIpc) is 2.54. The molecule has 138 valence electrons. The molecule has 3 nitrogen and oxygen atoms in total. The second-order valence-electron chi connectivity index (χ2n) is 7.21. The molecular formula is C20H41NO2. The summed E-state index contributed by atoms with van der Waals surface area (Å²) in [6, 6.07) is 0. The van der Waals surface area contributed by atoms with E-state index in [2.05, 4.69) is 13.8 Å². The number of rotatable bonds is 11. The summed E-state index contributed by atoms with van der Waals surface area (Å²) in [5.74, 6) is -1.08. The number of aliphatic carboxylic acids is 1. The van der Waals surface area contributed by atoms with Crippen LogP contribution in [0.1, 0.15) is 97.8 Å². The van der Waals surface area contributed by atoms with Gasteiger partial charge in [-0.2, -0.15) is 0 Å². The van der Waals surface area contributed by atoms with Crippen molar-refractivity contribution in [2.24, 2.45) is 0 Å². The topological polar surface area (TPSA) is 40.1 Å². The Hall–Kier alpha value is -0.570. The number of carboxylic acid groups (broad SMARTS) is 1. The largest absolute Gasteiger partial charge is 0.550 e. The Morgan fingerprint density at radius 1 is 0.826 bits per heavy atom. The van der Waals surface area contributed by atoms with E-state index in [4.69, 9.17) is 9.90 Å². The van der Waals surface area contributed by atoms with Crippen LogP contribution in [-0.2, 0) is 4.79 Å². The van der Waals surface area contributed by atoms with E-state index < -0.39 is 5.97 Å². The number of piperidine rings is 1. The molecule has 0 aromatic rings. The molecule has 1 fully saturated rings. The summed E-state index contributed by atoms with van der Waals surface area (Å²) in [5.41, 5.74) is 0. The van der Waals surface area contributed by atoms with Gasteiger partial charge >= 0.3 is 0 Å². The third-order valence-corrected chi connectivity index (χ3v) is 5.17. The molecule has 23 heavy (non-hydrogen) atoms. The van der Waals surface area contributed by atoms with Gasteiger partial charge in [-0.05, 0) is 46.0 Å². The Kier molecular flexibility index (Phi) is 14.6. The van der Waals surface area contributed by atoms with Gasteiger partial charge in [-0.15, -0.1) is 0 Å². The maximum atomic E-state index is 8.89. The lowest BCUT2D eigenvalue weighted by atomic mass is 10.0. The Balaban J connectivity index is 0.00000108. The molecule has 1 heterocycles. The molecule has 0 amide bonds. The van der Waals surface area contributed by atoms with Crippen molar-refractivity contribution >= 4 is 5.97 Å². The number of carbonyl (C=O) groups is 1. The predicted molar refractivity (Wildman–Crippen MR) is 97.2 cm³/mol. The first-order valence-corrected chi connectivity index (χ1v) is 10.1. The molecule has 0 aromatic heterocycles. The second kappa shape index (κ2) is 15.0. The van der Waals surface area contributed by atoms with E-state index in [1.807, 2.05) is 0 Å². The van der Waals surface area contributed by atoms with Crippen LogP contribution in [0.4, 0.5) is 0 Å². The van der Waals surface area contributed by atoms with Crippen LogP contribution in [0.15, 0.2) is 0 Å². The number of carbonyl (C=O) groups excluding carboxylic acids is 1.